The van der Waals surface area contributed by atoms with E-state index < -0.39 is 11.9 Å². The summed E-state index contributed by atoms with van der Waals surface area (Å²) in [6.45, 7) is 2.43. The minimum Gasteiger partial charge on any atom is -0.497 e. The summed E-state index contributed by atoms with van der Waals surface area (Å²) >= 11 is 0. The van der Waals surface area contributed by atoms with E-state index in [2.05, 4.69) is 12.2 Å². The van der Waals surface area contributed by atoms with Gasteiger partial charge in [0.05, 0.1) is 26.5 Å². The molecule has 1 rings (SSSR count). The summed E-state index contributed by atoms with van der Waals surface area (Å²) in [5.41, 5.74) is 0.456. The van der Waals surface area contributed by atoms with Gasteiger partial charge in [-0.05, 0) is 18.6 Å². The van der Waals surface area contributed by atoms with Crippen molar-refractivity contribution in [3.05, 3.63) is 30.4 Å². The molecule has 23 heavy (non-hydrogen) atoms. The summed E-state index contributed by atoms with van der Waals surface area (Å²) in [5, 5.41) is 2.63. The van der Waals surface area contributed by atoms with E-state index in [1.165, 1.54) is 14.2 Å². The summed E-state index contributed by atoms with van der Waals surface area (Å²) in [5.74, 6) is 0.0889. The molecule has 0 bridgehead atoms. The normalized spacial score (nSPS) is 10.4. The number of methoxy groups -OCH3 is 2. The monoisotopic (exact) mass is 321 g/mol. The minimum atomic E-state index is -0.533. The molecule has 0 aliphatic carbocycles. The van der Waals surface area contributed by atoms with Gasteiger partial charge in [-0.2, -0.15) is 0 Å². The fourth-order valence-corrected chi connectivity index (χ4v) is 1.80. The van der Waals surface area contributed by atoms with Gasteiger partial charge in [-0.15, -0.1) is 0 Å². The molecule has 0 unspecified atom stereocenters. The number of rotatable bonds is 9. The largest absolute Gasteiger partial charge is 0.497 e. The molecule has 0 saturated heterocycles. The van der Waals surface area contributed by atoms with Crippen LogP contribution in [-0.2, 0) is 14.3 Å². The number of amides is 1. The average Bonchev–Trinajstić information content (AvgIpc) is 2.56. The lowest BCUT2D eigenvalue weighted by atomic mass is 10.2. The van der Waals surface area contributed by atoms with E-state index in [4.69, 9.17) is 14.2 Å². The Morgan fingerprint density at radius 1 is 1.13 bits per heavy atom. The highest BCUT2D eigenvalue weighted by Gasteiger charge is 2.08. The van der Waals surface area contributed by atoms with Crippen molar-refractivity contribution < 1.29 is 23.8 Å². The maximum absolute atomic E-state index is 11.9. The Morgan fingerprint density at radius 3 is 2.57 bits per heavy atom. The molecule has 1 N–H and O–H groups in total. The van der Waals surface area contributed by atoms with Crippen molar-refractivity contribution in [3.8, 4) is 11.5 Å². The van der Waals surface area contributed by atoms with E-state index in [0.29, 0.717) is 23.8 Å². The first-order valence-electron chi connectivity index (χ1n) is 7.48. The number of ether oxygens (including phenoxy) is 3. The zero-order chi connectivity index (χ0) is 17.1. The Balaban J connectivity index is 2.55. The molecule has 0 saturated carbocycles. The van der Waals surface area contributed by atoms with Crippen LogP contribution < -0.4 is 14.8 Å². The van der Waals surface area contributed by atoms with E-state index in [0.717, 1.165) is 31.4 Å². The highest BCUT2D eigenvalue weighted by Crippen LogP contribution is 2.28. The first kappa shape index (κ1) is 18.5. The first-order valence-corrected chi connectivity index (χ1v) is 7.48. The third kappa shape index (κ3) is 6.86. The number of carbonyl (C=O) groups is 2. The van der Waals surface area contributed by atoms with Crippen LogP contribution in [0.1, 0.15) is 26.2 Å². The van der Waals surface area contributed by atoms with Crippen molar-refractivity contribution in [1.82, 2.24) is 0 Å². The lowest BCUT2D eigenvalue weighted by Gasteiger charge is -2.10. The summed E-state index contributed by atoms with van der Waals surface area (Å²) in [6.07, 6.45) is 5.11. The fourth-order valence-electron chi connectivity index (χ4n) is 1.80. The molecule has 1 aromatic rings. The summed E-state index contributed by atoms with van der Waals surface area (Å²) in [4.78, 5) is 23.3. The van der Waals surface area contributed by atoms with Crippen molar-refractivity contribution >= 4 is 17.6 Å². The van der Waals surface area contributed by atoms with Crippen molar-refractivity contribution in [2.24, 2.45) is 0 Å². The number of anilines is 1. The quantitative estimate of drug-likeness (QED) is 0.430. The predicted octanol–water partition coefficient (Wildman–Crippen LogP) is 2.93. The van der Waals surface area contributed by atoms with Gasteiger partial charge in [0.15, 0.2) is 0 Å². The molecule has 6 heteroatoms. The second-order valence-corrected chi connectivity index (χ2v) is 4.76. The van der Waals surface area contributed by atoms with Gasteiger partial charge in [0.2, 0.25) is 5.91 Å². The summed E-state index contributed by atoms with van der Waals surface area (Å²) < 4.78 is 15.2. The third-order valence-electron chi connectivity index (χ3n) is 3.03. The minimum absolute atomic E-state index is 0.363. The number of hydrogen-bond acceptors (Lipinski definition) is 5. The molecule has 0 aromatic heterocycles. The maximum atomic E-state index is 11.9. The van der Waals surface area contributed by atoms with Crippen molar-refractivity contribution in [3.63, 3.8) is 0 Å². The Bertz CT molecular complexity index is 554. The lowest BCUT2D eigenvalue weighted by molar-refractivity contribution is -0.138. The molecule has 0 heterocycles. The van der Waals surface area contributed by atoms with E-state index in [-0.39, 0.29) is 0 Å². The molecule has 1 aromatic carbocycles. The van der Waals surface area contributed by atoms with Gasteiger partial charge < -0.3 is 19.5 Å². The molecule has 1 amide bonds. The standard InChI is InChI=1S/C17H23NO5/c1-4-5-6-11-23-17(20)10-9-16(19)18-14-12-13(21-2)7-8-15(14)22-3/h7-10,12H,4-6,11H2,1-3H3,(H,18,19)/b10-9+. The third-order valence-corrected chi connectivity index (χ3v) is 3.03. The van der Waals surface area contributed by atoms with Gasteiger partial charge in [0.25, 0.3) is 0 Å². The zero-order valence-electron chi connectivity index (χ0n) is 13.8. The molecule has 6 nitrogen and oxygen atoms in total. The second kappa shape index (κ2) is 10.3. The van der Waals surface area contributed by atoms with Gasteiger partial charge in [-0.3, -0.25) is 4.79 Å². The SMILES string of the molecule is CCCCCOC(=O)/C=C/C(=O)Nc1cc(OC)ccc1OC. The highest BCUT2D eigenvalue weighted by atomic mass is 16.5. The Morgan fingerprint density at radius 2 is 1.91 bits per heavy atom. The van der Waals surface area contributed by atoms with Gasteiger partial charge in [-0.1, -0.05) is 19.8 Å². The molecule has 0 fully saturated rings. The van der Waals surface area contributed by atoms with Crippen molar-refractivity contribution in [1.29, 1.82) is 0 Å². The van der Waals surface area contributed by atoms with Gasteiger partial charge in [0.1, 0.15) is 11.5 Å². The topological polar surface area (TPSA) is 73.9 Å². The lowest BCUT2D eigenvalue weighted by Crippen LogP contribution is -2.10. The molecule has 0 aliphatic heterocycles. The van der Waals surface area contributed by atoms with E-state index in [9.17, 15) is 9.59 Å². The first-order chi connectivity index (χ1) is 11.1. The van der Waals surface area contributed by atoms with Crippen LogP contribution in [0.25, 0.3) is 0 Å². The number of carbonyl (C=O) groups excluding carboxylic acids is 2. The second-order valence-electron chi connectivity index (χ2n) is 4.76. The number of benzene rings is 1. The van der Waals surface area contributed by atoms with Crippen LogP contribution in [0.4, 0.5) is 5.69 Å². The number of unbranched alkanes of at least 4 members (excludes halogenated alkanes) is 2. The summed E-state index contributed by atoms with van der Waals surface area (Å²) in [7, 11) is 3.03. The maximum Gasteiger partial charge on any atom is 0.330 e. The van der Waals surface area contributed by atoms with Crippen LogP contribution in [0.2, 0.25) is 0 Å². The number of esters is 1. The van der Waals surface area contributed by atoms with Crippen LogP contribution in [0.3, 0.4) is 0 Å². The molecular weight excluding hydrogens is 298 g/mol. The van der Waals surface area contributed by atoms with E-state index in [1.807, 2.05) is 0 Å². The van der Waals surface area contributed by atoms with Gasteiger partial charge >= 0.3 is 5.97 Å². The molecule has 0 spiro atoms. The predicted molar refractivity (Wildman–Crippen MR) is 87.8 cm³/mol. The smallest absolute Gasteiger partial charge is 0.330 e. The average molecular weight is 321 g/mol. The van der Waals surface area contributed by atoms with E-state index in [1.54, 1.807) is 18.2 Å². The van der Waals surface area contributed by atoms with Crippen molar-refractivity contribution in [2.75, 3.05) is 26.1 Å². The van der Waals surface area contributed by atoms with Crippen LogP contribution in [0, 0.1) is 0 Å². The van der Waals surface area contributed by atoms with Gasteiger partial charge in [-0.25, -0.2) is 4.79 Å². The van der Waals surface area contributed by atoms with Gasteiger partial charge in [0, 0.05) is 18.2 Å². The molecule has 0 aliphatic rings. The molecular formula is C17H23NO5. The summed E-state index contributed by atoms with van der Waals surface area (Å²) in [6, 6.07) is 5.03. The Labute approximate surface area is 136 Å². The number of nitrogens with one attached hydrogen (secondary N) is 1. The van der Waals surface area contributed by atoms with Crippen molar-refractivity contribution in [2.45, 2.75) is 26.2 Å². The Hall–Kier alpha value is -2.50. The van der Waals surface area contributed by atoms with E-state index >= 15 is 0 Å². The zero-order valence-corrected chi connectivity index (χ0v) is 13.8. The molecule has 126 valence electrons. The van der Waals surface area contributed by atoms with Crippen LogP contribution in [0.15, 0.2) is 30.4 Å². The highest BCUT2D eigenvalue weighted by molar-refractivity contribution is 6.03. The Kier molecular flexibility index (Phi) is 8.28. The fraction of sp³-hybridized carbons (Fsp3) is 0.412. The number of hydrogen-bond donors (Lipinski definition) is 1. The van der Waals surface area contributed by atoms with Crippen LogP contribution in [-0.4, -0.2) is 32.7 Å². The van der Waals surface area contributed by atoms with Crippen LogP contribution >= 0.6 is 0 Å². The molecule has 0 atom stereocenters. The molecule has 0 radical (unpaired) electrons. The van der Waals surface area contributed by atoms with Crippen LogP contribution in [0.5, 0.6) is 11.5 Å².